The van der Waals surface area contributed by atoms with Crippen LogP contribution >= 0.6 is 0 Å². The van der Waals surface area contributed by atoms with E-state index in [1.807, 2.05) is 45.0 Å². The van der Waals surface area contributed by atoms with E-state index in [-0.39, 0.29) is 6.61 Å². The van der Waals surface area contributed by atoms with Crippen molar-refractivity contribution in [2.24, 2.45) is 5.92 Å². The maximum absolute atomic E-state index is 11.7. The molecule has 1 amide bonds. The molecule has 1 heterocycles. The second-order valence-electron chi connectivity index (χ2n) is 6.81. The third-order valence-electron chi connectivity index (χ3n) is 3.65. The average molecular weight is 306 g/mol. The number of anilines is 2. The maximum Gasteiger partial charge on any atom is 0.412 e. The predicted molar refractivity (Wildman–Crippen MR) is 88.3 cm³/mol. The summed E-state index contributed by atoms with van der Waals surface area (Å²) in [5.41, 5.74) is 1.33. The van der Waals surface area contributed by atoms with E-state index >= 15 is 0 Å². The minimum atomic E-state index is -0.503. The fourth-order valence-corrected chi connectivity index (χ4v) is 2.63. The van der Waals surface area contributed by atoms with Crippen molar-refractivity contribution in [2.45, 2.75) is 39.2 Å². The molecule has 0 aliphatic carbocycles. The number of hydrogen-bond acceptors (Lipinski definition) is 4. The number of nitrogens with zero attached hydrogens (tertiary/aromatic N) is 1. The van der Waals surface area contributed by atoms with Crippen molar-refractivity contribution in [1.29, 1.82) is 0 Å². The van der Waals surface area contributed by atoms with Crippen LogP contribution in [-0.4, -0.2) is 36.5 Å². The zero-order chi connectivity index (χ0) is 16.2. The third kappa shape index (κ3) is 4.91. The highest BCUT2D eigenvalue weighted by Gasteiger charge is 2.20. The first kappa shape index (κ1) is 16.6. The smallest absolute Gasteiger partial charge is 0.412 e. The van der Waals surface area contributed by atoms with Gasteiger partial charge in [-0.3, -0.25) is 5.32 Å². The summed E-state index contributed by atoms with van der Waals surface area (Å²) in [6.45, 7) is 7.65. The molecule has 0 spiro atoms. The Morgan fingerprint density at radius 1 is 1.36 bits per heavy atom. The van der Waals surface area contributed by atoms with Gasteiger partial charge in [0, 0.05) is 31.1 Å². The van der Waals surface area contributed by atoms with Crippen molar-refractivity contribution in [3.05, 3.63) is 24.3 Å². The summed E-state index contributed by atoms with van der Waals surface area (Å²) in [6, 6.07) is 7.74. The number of aliphatic hydroxyl groups excluding tert-OH is 1. The summed E-state index contributed by atoms with van der Waals surface area (Å²) in [5.74, 6) is 0.355. The van der Waals surface area contributed by atoms with Crippen LogP contribution in [-0.2, 0) is 4.74 Å². The van der Waals surface area contributed by atoms with Gasteiger partial charge < -0.3 is 14.7 Å². The van der Waals surface area contributed by atoms with E-state index in [1.165, 1.54) is 0 Å². The highest BCUT2D eigenvalue weighted by molar-refractivity contribution is 5.85. The van der Waals surface area contributed by atoms with Crippen LogP contribution < -0.4 is 10.2 Å². The van der Waals surface area contributed by atoms with Crippen LogP contribution in [0.3, 0.4) is 0 Å². The van der Waals surface area contributed by atoms with Gasteiger partial charge in [0.2, 0.25) is 0 Å². The molecule has 122 valence electrons. The van der Waals surface area contributed by atoms with E-state index in [9.17, 15) is 9.90 Å². The number of carbonyl (C=O) groups is 1. The summed E-state index contributed by atoms with van der Waals surface area (Å²) in [7, 11) is 0. The topological polar surface area (TPSA) is 61.8 Å². The van der Waals surface area contributed by atoms with Gasteiger partial charge in [-0.1, -0.05) is 0 Å². The van der Waals surface area contributed by atoms with Gasteiger partial charge in [0.25, 0.3) is 0 Å². The van der Waals surface area contributed by atoms with Gasteiger partial charge in [0.05, 0.1) is 0 Å². The number of carbonyl (C=O) groups excluding carboxylic acids is 1. The second-order valence-corrected chi connectivity index (χ2v) is 6.81. The van der Waals surface area contributed by atoms with Crippen LogP contribution in [0, 0.1) is 5.92 Å². The number of rotatable bonds is 3. The van der Waals surface area contributed by atoms with Gasteiger partial charge in [-0.25, -0.2) is 4.79 Å². The number of nitrogens with one attached hydrogen (secondary N) is 1. The molecule has 1 aromatic carbocycles. The summed E-state index contributed by atoms with van der Waals surface area (Å²) in [6.07, 6.45) is 1.74. The van der Waals surface area contributed by atoms with E-state index in [1.54, 1.807) is 0 Å². The van der Waals surface area contributed by atoms with Crippen molar-refractivity contribution >= 4 is 17.5 Å². The highest BCUT2D eigenvalue weighted by atomic mass is 16.6. The Morgan fingerprint density at radius 2 is 2.05 bits per heavy atom. The molecule has 1 unspecified atom stereocenters. The monoisotopic (exact) mass is 306 g/mol. The molecule has 22 heavy (non-hydrogen) atoms. The van der Waals surface area contributed by atoms with Crippen molar-refractivity contribution in [1.82, 2.24) is 0 Å². The SMILES string of the molecule is CC(C)(C)OC(=O)Nc1ccc(N2CCCC(CO)C2)cc1. The number of aliphatic hydroxyl groups is 1. The van der Waals surface area contributed by atoms with Gasteiger partial charge in [0.1, 0.15) is 5.60 Å². The Balaban J connectivity index is 1.94. The summed E-state index contributed by atoms with van der Waals surface area (Å²) in [5, 5.41) is 12.0. The minimum Gasteiger partial charge on any atom is -0.444 e. The molecule has 2 N–H and O–H groups in total. The summed E-state index contributed by atoms with van der Waals surface area (Å²) in [4.78, 5) is 14.0. The molecule has 1 atom stereocenters. The molecule has 0 radical (unpaired) electrons. The molecule has 1 saturated heterocycles. The first-order valence-corrected chi connectivity index (χ1v) is 7.83. The van der Waals surface area contributed by atoms with E-state index in [4.69, 9.17) is 4.74 Å². The van der Waals surface area contributed by atoms with Crippen LogP contribution in [0.1, 0.15) is 33.6 Å². The standard InChI is InChI=1S/C17H26N2O3/c1-17(2,3)22-16(21)18-14-6-8-15(9-7-14)19-10-4-5-13(11-19)12-20/h6-9,13,20H,4-5,10-12H2,1-3H3,(H,18,21). The van der Waals surface area contributed by atoms with Crippen LogP contribution in [0.15, 0.2) is 24.3 Å². The Morgan fingerprint density at radius 3 is 2.64 bits per heavy atom. The fraction of sp³-hybridized carbons (Fsp3) is 0.588. The van der Waals surface area contributed by atoms with Crippen molar-refractivity contribution in [2.75, 3.05) is 29.9 Å². The maximum atomic E-state index is 11.7. The third-order valence-corrected chi connectivity index (χ3v) is 3.65. The Kier molecular flexibility index (Phi) is 5.29. The number of benzene rings is 1. The molecule has 0 aromatic heterocycles. The van der Waals surface area contributed by atoms with Crippen LogP contribution in [0.4, 0.5) is 16.2 Å². The molecule has 0 saturated carbocycles. The normalized spacial score (nSPS) is 18.9. The molecule has 1 aliphatic rings. The van der Waals surface area contributed by atoms with Gasteiger partial charge in [-0.05, 0) is 63.8 Å². The number of hydrogen-bond donors (Lipinski definition) is 2. The predicted octanol–water partition coefficient (Wildman–Crippen LogP) is 3.24. The Hall–Kier alpha value is -1.75. The molecule has 2 rings (SSSR count). The second kappa shape index (κ2) is 7.01. The molecule has 5 heteroatoms. The quantitative estimate of drug-likeness (QED) is 0.900. The minimum absolute atomic E-state index is 0.245. The van der Waals surface area contributed by atoms with Crippen molar-refractivity contribution in [3.63, 3.8) is 0 Å². The Bertz CT molecular complexity index is 494. The first-order chi connectivity index (χ1) is 10.4. The number of piperidine rings is 1. The zero-order valence-electron chi connectivity index (χ0n) is 13.6. The average Bonchev–Trinajstić information content (AvgIpc) is 2.46. The molecule has 1 fully saturated rings. The summed E-state index contributed by atoms with van der Waals surface area (Å²) < 4.78 is 5.23. The first-order valence-electron chi connectivity index (χ1n) is 7.83. The highest BCUT2D eigenvalue weighted by Crippen LogP contribution is 2.24. The molecule has 1 aliphatic heterocycles. The van der Waals surface area contributed by atoms with Gasteiger partial charge in [-0.15, -0.1) is 0 Å². The van der Waals surface area contributed by atoms with Gasteiger partial charge >= 0.3 is 6.09 Å². The van der Waals surface area contributed by atoms with E-state index in [2.05, 4.69) is 10.2 Å². The molecule has 1 aromatic rings. The van der Waals surface area contributed by atoms with E-state index < -0.39 is 11.7 Å². The summed E-state index contributed by atoms with van der Waals surface area (Å²) >= 11 is 0. The van der Waals surface area contributed by atoms with Crippen molar-refractivity contribution in [3.8, 4) is 0 Å². The lowest BCUT2D eigenvalue weighted by molar-refractivity contribution is 0.0636. The lowest BCUT2D eigenvalue weighted by Crippen LogP contribution is -2.36. The molecule has 5 nitrogen and oxygen atoms in total. The zero-order valence-corrected chi connectivity index (χ0v) is 13.6. The van der Waals surface area contributed by atoms with Crippen molar-refractivity contribution < 1.29 is 14.6 Å². The van der Waals surface area contributed by atoms with Gasteiger partial charge in [0.15, 0.2) is 0 Å². The largest absolute Gasteiger partial charge is 0.444 e. The van der Waals surface area contributed by atoms with Crippen LogP contribution in [0.25, 0.3) is 0 Å². The number of ether oxygens (including phenoxy) is 1. The van der Waals surface area contributed by atoms with Crippen LogP contribution in [0.2, 0.25) is 0 Å². The fourth-order valence-electron chi connectivity index (χ4n) is 2.63. The van der Waals surface area contributed by atoms with Crippen LogP contribution in [0.5, 0.6) is 0 Å². The van der Waals surface area contributed by atoms with E-state index in [0.29, 0.717) is 11.6 Å². The Labute approximate surface area is 132 Å². The van der Waals surface area contributed by atoms with E-state index in [0.717, 1.165) is 31.6 Å². The molecular weight excluding hydrogens is 280 g/mol. The molecular formula is C17H26N2O3. The lowest BCUT2D eigenvalue weighted by Gasteiger charge is -2.33. The van der Waals surface area contributed by atoms with Gasteiger partial charge in [-0.2, -0.15) is 0 Å². The lowest BCUT2D eigenvalue weighted by atomic mass is 9.98. The number of amides is 1. The molecule has 0 bridgehead atoms.